The van der Waals surface area contributed by atoms with Crippen molar-refractivity contribution in [1.82, 2.24) is 5.32 Å². The van der Waals surface area contributed by atoms with Crippen LogP contribution in [0, 0.1) is 6.92 Å². The van der Waals surface area contributed by atoms with Gasteiger partial charge in [-0.25, -0.2) is 4.79 Å². The lowest BCUT2D eigenvalue weighted by atomic mass is 10.0. The van der Waals surface area contributed by atoms with Crippen LogP contribution in [0.2, 0.25) is 0 Å². The summed E-state index contributed by atoms with van der Waals surface area (Å²) < 4.78 is 11.1. The number of carboxylic acid groups (broad SMARTS) is 1. The smallest absolute Gasteiger partial charge is 0.331 e. The number of ether oxygens (including phenoxy) is 2. The number of hydrogen-bond donors (Lipinski definition) is 2. The third kappa shape index (κ3) is 3.30. The van der Waals surface area contributed by atoms with Gasteiger partial charge in [0.25, 0.3) is 5.91 Å². The first-order chi connectivity index (χ1) is 10.8. The third-order valence-corrected chi connectivity index (χ3v) is 4.92. The maximum absolute atomic E-state index is 12.5. The van der Waals surface area contributed by atoms with E-state index in [1.165, 1.54) is 25.4 Å². The molecular weight excluding hydrogens is 318 g/mol. The van der Waals surface area contributed by atoms with Crippen LogP contribution in [0.15, 0.2) is 18.2 Å². The molecule has 2 N–H and O–H groups in total. The number of carboxylic acids is 1. The van der Waals surface area contributed by atoms with E-state index in [0.29, 0.717) is 10.6 Å². The van der Waals surface area contributed by atoms with Crippen LogP contribution in [0.1, 0.15) is 22.2 Å². The lowest BCUT2D eigenvalue weighted by molar-refractivity contribution is -0.145. The van der Waals surface area contributed by atoms with Gasteiger partial charge in [-0.05, 0) is 43.0 Å². The van der Waals surface area contributed by atoms with Crippen LogP contribution < -0.4 is 10.1 Å². The van der Waals surface area contributed by atoms with Gasteiger partial charge in [0.15, 0.2) is 5.54 Å². The number of thiophene rings is 1. The van der Waals surface area contributed by atoms with E-state index in [1.807, 2.05) is 25.1 Å². The van der Waals surface area contributed by atoms with Crippen molar-refractivity contribution < 1.29 is 24.2 Å². The normalized spacial score (nSPS) is 13.6. The van der Waals surface area contributed by atoms with Crippen molar-refractivity contribution in [2.24, 2.45) is 0 Å². The fraction of sp³-hybridized carbons (Fsp3) is 0.375. The summed E-state index contributed by atoms with van der Waals surface area (Å²) in [4.78, 5) is 24.4. The van der Waals surface area contributed by atoms with Crippen LogP contribution in [-0.4, -0.2) is 43.3 Å². The van der Waals surface area contributed by atoms with Crippen molar-refractivity contribution in [2.75, 3.05) is 20.8 Å². The Hall–Kier alpha value is -2.12. The summed E-state index contributed by atoms with van der Waals surface area (Å²) in [5, 5.41) is 12.8. The van der Waals surface area contributed by atoms with Crippen LogP contribution in [0.25, 0.3) is 10.1 Å². The lowest BCUT2D eigenvalue weighted by Crippen LogP contribution is -2.55. The topological polar surface area (TPSA) is 84.9 Å². The van der Waals surface area contributed by atoms with Crippen LogP contribution in [-0.2, 0) is 9.53 Å². The van der Waals surface area contributed by atoms with Gasteiger partial charge in [-0.1, -0.05) is 0 Å². The van der Waals surface area contributed by atoms with E-state index in [4.69, 9.17) is 9.47 Å². The lowest BCUT2D eigenvalue weighted by Gasteiger charge is -2.25. The number of aliphatic carboxylic acids is 1. The molecule has 7 heteroatoms. The van der Waals surface area contributed by atoms with Gasteiger partial charge in [0.05, 0.1) is 18.6 Å². The second-order valence-electron chi connectivity index (χ2n) is 5.44. The highest BCUT2D eigenvalue weighted by atomic mass is 32.1. The van der Waals surface area contributed by atoms with E-state index >= 15 is 0 Å². The first kappa shape index (κ1) is 17.2. The Kier molecular flexibility index (Phi) is 4.91. The van der Waals surface area contributed by atoms with Gasteiger partial charge in [-0.2, -0.15) is 0 Å². The first-order valence-corrected chi connectivity index (χ1v) is 7.76. The number of hydrogen-bond acceptors (Lipinski definition) is 5. The molecule has 0 saturated heterocycles. The Labute approximate surface area is 138 Å². The number of amides is 1. The van der Waals surface area contributed by atoms with E-state index in [9.17, 15) is 14.7 Å². The Morgan fingerprint density at radius 2 is 2.04 bits per heavy atom. The van der Waals surface area contributed by atoms with E-state index in [-0.39, 0.29) is 6.61 Å². The van der Waals surface area contributed by atoms with E-state index in [2.05, 4.69) is 5.32 Å². The quantitative estimate of drug-likeness (QED) is 0.846. The average Bonchev–Trinajstić information content (AvgIpc) is 2.84. The Morgan fingerprint density at radius 1 is 1.35 bits per heavy atom. The molecule has 1 atom stereocenters. The van der Waals surface area contributed by atoms with Gasteiger partial charge in [0.1, 0.15) is 5.75 Å². The molecule has 0 aliphatic carbocycles. The van der Waals surface area contributed by atoms with Crippen LogP contribution in [0.5, 0.6) is 5.75 Å². The summed E-state index contributed by atoms with van der Waals surface area (Å²) in [5.74, 6) is -0.863. The number of benzene rings is 1. The molecule has 2 rings (SSSR count). The molecule has 0 radical (unpaired) electrons. The summed E-state index contributed by atoms with van der Waals surface area (Å²) in [7, 11) is 2.98. The molecule has 6 nitrogen and oxygen atoms in total. The number of fused-ring (bicyclic) bond motifs is 1. The minimum atomic E-state index is -1.48. The second-order valence-corrected chi connectivity index (χ2v) is 6.49. The summed E-state index contributed by atoms with van der Waals surface area (Å²) in [6, 6.07) is 5.57. The zero-order valence-electron chi connectivity index (χ0n) is 13.4. The molecule has 0 bridgehead atoms. The van der Waals surface area contributed by atoms with Gasteiger partial charge in [-0.3, -0.25) is 4.79 Å². The molecule has 1 unspecified atom stereocenters. The molecule has 0 fully saturated rings. The minimum Gasteiger partial charge on any atom is -0.497 e. The Bertz CT molecular complexity index is 754. The minimum absolute atomic E-state index is 0.119. The molecule has 0 aliphatic heterocycles. The predicted octanol–water partition coefficient (Wildman–Crippen LogP) is 2.44. The van der Waals surface area contributed by atoms with E-state index < -0.39 is 17.4 Å². The molecule has 23 heavy (non-hydrogen) atoms. The van der Waals surface area contributed by atoms with Gasteiger partial charge in [-0.15, -0.1) is 11.3 Å². The highest BCUT2D eigenvalue weighted by Crippen LogP contribution is 2.33. The molecule has 2 aromatic rings. The van der Waals surface area contributed by atoms with Crippen LogP contribution >= 0.6 is 11.3 Å². The molecule has 1 heterocycles. The first-order valence-electron chi connectivity index (χ1n) is 6.94. The van der Waals surface area contributed by atoms with Gasteiger partial charge < -0.3 is 19.9 Å². The van der Waals surface area contributed by atoms with E-state index in [0.717, 1.165) is 15.6 Å². The van der Waals surface area contributed by atoms with Crippen molar-refractivity contribution in [1.29, 1.82) is 0 Å². The highest BCUT2D eigenvalue weighted by Gasteiger charge is 2.36. The summed E-state index contributed by atoms with van der Waals surface area (Å²) in [6.07, 6.45) is 0. The molecular formula is C16H19NO5S. The zero-order valence-corrected chi connectivity index (χ0v) is 14.2. The number of methoxy groups -OCH3 is 2. The number of carbonyl (C=O) groups is 2. The SMILES string of the molecule is COCC(C)(NC(=O)c1sc2ccc(OC)cc2c1C)C(=O)O. The molecule has 0 spiro atoms. The molecule has 1 aromatic heterocycles. The summed E-state index contributed by atoms with van der Waals surface area (Å²) in [6.45, 7) is 3.13. The summed E-state index contributed by atoms with van der Waals surface area (Å²) in [5.41, 5.74) is -0.682. The van der Waals surface area contributed by atoms with Crippen molar-refractivity contribution in [3.63, 3.8) is 0 Å². The van der Waals surface area contributed by atoms with Gasteiger partial charge in [0.2, 0.25) is 0 Å². The molecule has 124 valence electrons. The molecule has 1 aromatic carbocycles. The predicted molar refractivity (Wildman–Crippen MR) is 88.5 cm³/mol. The van der Waals surface area contributed by atoms with Crippen molar-refractivity contribution >= 4 is 33.3 Å². The monoisotopic (exact) mass is 337 g/mol. The fourth-order valence-electron chi connectivity index (χ4n) is 2.29. The average molecular weight is 337 g/mol. The maximum atomic E-state index is 12.5. The maximum Gasteiger partial charge on any atom is 0.331 e. The second kappa shape index (κ2) is 6.55. The van der Waals surface area contributed by atoms with Crippen molar-refractivity contribution in [2.45, 2.75) is 19.4 Å². The number of rotatable bonds is 6. The summed E-state index contributed by atoms with van der Waals surface area (Å²) >= 11 is 1.32. The fourth-order valence-corrected chi connectivity index (χ4v) is 3.38. The molecule has 1 amide bonds. The molecule has 0 saturated carbocycles. The standard InChI is InChI=1S/C16H19NO5S/c1-9-11-7-10(22-4)5-6-12(11)23-13(9)14(18)17-16(2,8-21-3)15(19)20/h5-7H,8H2,1-4H3,(H,17,18)(H,19,20). The van der Waals surface area contributed by atoms with Crippen LogP contribution in [0.4, 0.5) is 0 Å². The van der Waals surface area contributed by atoms with Crippen molar-refractivity contribution in [3.8, 4) is 5.75 Å². The Balaban J connectivity index is 2.37. The van der Waals surface area contributed by atoms with E-state index in [1.54, 1.807) is 7.11 Å². The zero-order chi connectivity index (χ0) is 17.2. The number of nitrogens with one attached hydrogen (secondary N) is 1. The molecule has 0 aliphatic rings. The van der Waals surface area contributed by atoms with Gasteiger partial charge in [0, 0.05) is 11.8 Å². The third-order valence-electron chi connectivity index (χ3n) is 3.64. The van der Waals surface area contributed by atoms with Gasteiger partial charge >= 0.3 is 5.97 Å². The number of aryl methyl sites for hydroxylation is 1. The van der Waals surface area contributed by atoms with Crippen molar-refractivity contribution in [3.05, 3.63) is 28.6 Å². The Morgan fingerprint density at radius 3 is 2.61 bits per heavy atom. The highest BCUT2D eigenvalue weighted by molar-refractivity contribution is 7.21. The largest absolute Gasteiger partial charge is 0.497 e. The number of carbonyl (C=O) groups excluding carboxylic acids is 1. The van der Waals surface area contributed by atoms with Crippen LogP contribution in [0.3, 0.4) is 0 Å².